The summed E-state index contributed by atoms with van der Waals surface area (Å²) >= 11 is 0. The van der Waals surface area contributed by atoms with E-state index < -0.39 is 0 Å². The highest BCUT2D eigenvalue weighted by Gasteiger charge is 2.39. The molecule has 1 unspecified atom stereocenters. The van der Waals surface area contributed by atoms with Gasteiger partial charge in [-0.05, 0) is 62.2 Å². The van der Waals surface area contributed by atoms with Crippen LogP contribution in [0.5, 0.6) is 0 Å². The van der Waals surface area contributed by atoms with E-state index in [0.29, 0.717) is 5.41 Å². The molecule has 0 heterocycles. The van der Waals surface area contributed by atoms with E-state index >= 15 is 0 Å². The van der Waals surface area contributed by atoms with Crippen molar-refractivity contribution in [2.24, 2.45) is 10.8 Å². The zero-order chi connectivity index (χ0) is 13.8. The maximum Gasteiger partial charge on any atom is 0.0540 e. The molecule has 1 heteroatoms. The van der Waals surface area contributed by atoms with E-state index in [1.54, 1.807) is 0 Å². The standard InChI is InChI=1S/C18H34O/c1-3-18(14-15-18)11-7-5-9-16(19)8-4-6-10-17(2)12-13-17/h16,19H,3-15H2,1-2H3. The first-order chi connectivity index (χ1) is 9.08. The maximum absolute atomic E-state index is 10.00. The molecule has 2 saturated carbocycles. The number of aliphatic hydroxyl groups is 1. The zero-order valence-corrected chi connectivity index (χ0v) is 13.2. The summed E-state index contributed by atoms with van der Waals surface area (Å²) in [5.74, 6) is 0. The van der Waals surface area contributed by atoms with Gasteiger partial charge in [0.05, 0.1) is 6.10 Å². The van der Waals surface area contributed by atoms with Crippen LogP contribution in [0.4, 0.5) is 0 Å². The first-order valence-electron chi connectivity index (χ1n) is 8.76. The van der Waals surface area contributed by atoms with Gasteiger partial charge in [-0.2, -0.15) is 0 Å². The highest BCUT2D eigenvalue weighted by molar-refractivity contribution is 4.91. The molecule has 0 saturated heterocycles. The number of aliphatic hydroxyl groups excluding tert-OH is 1. The van der Waals surface area contributed by atoms with Crippen molar-refractivity contribution < 1.29 is 5.11 Å². The Hall–Kier alpha value is -0.0400. The van der Waals surface area contributed by atoms with Crippen molar-refractivity contribution >= 4 is 0 Å². The summed E-state index contributed by atoms with van der Waals surface area (Å²) in [5, 5.41) is 10.00. The van der Waals surface area contributed by atoms with E-state index in [9.17, 15) is 5.11 Å². The molecular weight excluding hydrogens is 232 g/mol. The summed E-state index contributed by atoms with van der Waals surface area (Å²) in [4.78, 5) is 0. The van der Waals surface area contributed by atoms with Crippen molar-refractivity contribution in [1.82, 2.24) is 0 Å². The molecule has 0 aliphatic heterocycles. The second-order valence-corrected chi connectivity index (χ2v) is 7.81. The SMILES string of the molecule is CCC1(CCCCC(O)CCCCC2(C)CC2)CC1. The minimum atomic E-state index is -0.0243. The fourth-order valence-electron chi connectivity index (χ4n) is 3.38. The fourth-order valence-corrected chi connectivity index (χ4v) is 3.38. The lowest BCUT2D eigenvalue weighted by atomic mass is 9.94. The lowest BCUT2D eigenvalue weighted by Crippen LogP contribution is -2.07. The van der Waals surface area contributed by atoms with E-state index in [0.717, 1.165) is 18.3 Å². The first-order valence-corrected chi connectivity index (χ1v) is 8.76. The molecule has 0 aromatic carbocycles. The third kappa shape index (κ3) is 5.45. The van der Waals surface area contributed by atoms with Crippen LogP contribution < -0.4 is 0 Å². The minimum absolute atomic E-state index is 0.0243. The Bertz CT molecular complexity index is 263. The van der Waals surface area contributed by atoms with E-state index in [2.05, 4.69) is 13.8 Å². The average molecular weight is 266 g/mol. The lowest BCUT2D eigenvalue weighted by molar-refractivity contribution is 0.145. The summed E-state index contributed by atoms with van der Waals surface area (Å²) in [7, 11) is 0. The van der Waals surface area contributed by atoms with Crippen LogP contribution in [0.1, 0.15) is 97.3 Å². The van der Waals surface area contributed by atoms with E-state index in [-0.39, 0.29) is 6.10 Å². The summed E-state index contributed by atoms with van der Waals surface area (Å²) in [6, 6.07) is 0. The Kier molecular flexibility index (Phi) is 5.34. The highest BCUT2D eigenvalue weighted by Crippen LogP contribution is 2.52. The molecule has 112 valence electrons. The maximum atomic E-state index is 10.00. The molecule has 2 fully saturated rings. The van der Waals surface area contributed by atoms with Crippen LogP contribution in [0.3, 0.4) is 0 Å². The third-order valence-corrected chi connectivity index (χ3v) is 5.87. The van der Waals surface area contributed by atoms with Crippen molar-refractivity contribution in [3.05, 3.63) is 0 Å². The minimum Gasteiger partial charge on any atom is -0.393 e. The molecule has 2 aliphatic rings. The molecule has 0 aromatic rings. The second-order valence-electron chi connectivity index (χ2n) is 7.81. The lowest BCUT2D eigenvalue weighted by Gasteiger charge is -2.14. The number of hydrogen-bond acceptors (Lipinski definition) is 1. The van der Waals surface area contributed by atoms with Gasteiger partial charge >= 0.3 is 0 Å². The molecule has 2 rings (SSSR count). The monoisotopic (exact) mass is 266 g/mol. The predicted octanol–water partition coefficient (Wildman–Crippen LogP) is 5.46. The van der Waals surface area contributed by atoms with Gasteiger partial charge in [-0.25, -0.2) is 0 Å². The Morgan fingerprint density at radius 2 is 1.47 bits per heavy atom. The first kappa shape index (κ1) is 15.4. The summed E-state index contributed by atoms with van der Waals surface area (Å²) in [6.07, 6.45) is 17.2. The van der Waals surface area contributed by atoms with Gasteiger partial charge in [-0.1, -0.05) is 46.0 Å². The van der Waals surface area contributed by atoms with Gasteiger partial charge in [0.15, 0.2) is 0 Å². The van der Waals surface area contributed by atoms with E-state index in [1.807, 2.05) is 0 Å². The topological polar surface area (TPSA) is 20.2 Å². The molecule has 0 radical (unpaired) electrons. The van der Waals surface area contributed by atoms with E-state index in [4.69, 9.17) is 0 Å². The van der Waals surface area contributed by atoms with Crippen LogP contribution in [0.2, 0.25) is 0 Å². The van der Waals surface area contributed by atoms with Gasteiger partial charge in [0.1, 0.15) is 0 Å². The molecule has 19 heavy (non-hydrogen) atoms. The fraction of sp³-hybridized carbons (Fsp3) is 1.00. The normalized spacial score (nSPS) is 24.2. The third-order valence-electron chi connectivity index (χ3n) is 5.87. The van der Waals surface area contributed by atoms with Crippen molar-refractivity contribution in [2.75, 3.05) is 0 Å². The summed E-state index contributed by atoms with van der Waals surface area (Å²) < 4.78 is 0. The van der Waals surface area contributed by atoms with Gasteiger partial charge in [0, 0.05) is 0 Å². The van der Waals surface area contributed by atoms with E-state index in [1.165, 1.54) is 70.6 Å². The van der Waals surface area contributed by atoms with Crippen LogP contribution in [-0.2, 0) is 0 Å². The number of rotatable bonds is 11. The largest absolute Gasteiger partial charge is 0.393 e. The zero-order valence-electron chi connectivity index (χ0n) is 13.2. The van der Waals surface area contributed by atoms with Crippen LogP contribution in [0.25, 0.3) is 0 Å². The molecule has 1 nitrogen and oxygen atoms in total. The second kappa shape index (κ2) is 6.61. The Balaban J connectivity index is 1.40. The van der Waals surface area contributed by atoms with Gasteiger partial charge in [0.25, 0.3) is 0 Å². The number of hydrogen-bond donors (Lipinski definition) is 1. The van der Waals surface area contributed by atoms with Crippen LogP contribution >= 0.6 is 0 Å². The number of unbranched alkanes of at least 4 members (excludes halogenated alkanes) is 2. The highest BCUT2D eigenvalue weighted by atomic mass is 16.3. The van der Waals surface area contributed by atoms with Crippen LogP contribution in [0, 0.1) is 10.8 Å². The molecule has 1 N–H and O–H groups in total. The van der Waals surface area contributed by atoms with Crippen LogP contribution in [-0.4, -0.2) is 11.2 Å². The van der Waals surface area contributed by atoms with Gasteiger partial charge in [-0.15, -0.1) is 0 Å². The molecule has 1 atom stereocenters. The van der Waals surface area contributed by atoms with Gasteiger partial charge in [0.2, 0.25) is 0 Å². The molecular formula is C18H34O. The molecule has 0 aromatic heterocycles. The smallest absolute Gasteiger partial charge is 0.0540 e. The van der Waals surface area contributed by atoms with Crippen molar-refractivity contribution in [3.8, 4) is 0 Å². The summed E-state index contributed by atoms with van der Waals surface area (Å²) in [5.41, 5.74) is 1.44. The molecule has 2 aliphatic carbocycles. The predicted molar refractivity (Wildman–Crippen MR) is 82.2 cm³/mol. The van der Waals surface area contributed by atoms with Crippen molar-refractivity contribution in [2.45, 2.75) is 103 Å². The van der Waals surface area contributed by atoms with Gasteiger partial charge < -0.3 is 5.11 Å². The Morgan fingerprint density at radius 1 is 0.895 bits per heavy atom. The molecule has 0 amide bonds. The Morgan fingerprint density at radius 3 is 1.95 bits per heavy atom. The Labute approximate surface area is 120 Å². The summed E-state index contributed by atoms with van der Waals surface area (Å²) in [6.45, 7) is 4.74. The van der Waals surface area contributed by atoms with Gasteiger partial charge in [-0.3, -0.25) is 0 Å². The van der Waals surface area contributed by atoms with Crippen molar-refractivity contribution in [1.29, 1.82) is 0 Å². The molecule has 0 spiro atoms. The van der Waals surface area contributed by atoms with Crippen LogP contribution in [0.15, 0.2) is 0 Å². The quantitative estimate of drug-likeness (QED) is 0.492. The van der Waals surface area contributed by atoms with Crippen molar-refractivity contribution in [3.63, 3.8) is 0 Å². The molecule has 0 bridgehead atoms. The average Bonchev–Trinajstić information content (AvgIpc) is 3.30.